The van der Waals surface area contributed by atoms with E-state index in [1.165, 1.54) is 17.1 Å². The van der Waals surface area contributed by atoms with Gasteiger partial charge in [0.15, 0.2) is 0 Å². The number of hydrogen-bond acceptors (Lipinski definition) is 4. The highest BCUT2D eigenvalue weighted by Gasteiger charge is 2.48. The molecular formula is C17H15ClN2O4. The van der Waals surface area contributed by atoms with Gasteiger partial charge in [0, 0.05) is 0 Å². The van der Waals surface area contributed by atoms with Gasteiger partial charge in [0.25, 0.3) is 11.8 Å². The molecule has 0 aliphatic carbocycles. The first-order chi connectivity index (χ1) is 11.5. The van der Waals surface area contributed by atoms with Crippen LogP contribution in [-0.4, -0.2) is 34.4 Å². The summed E-state index contributed by atoms with van der Waals surface area (Å²) >= 11 is 6.11. The maximum Gasteiger partial charge on any atom is 0.273 e. The van der Waals surface area contributed by atoms with Crippen LogP contribution >= 0.6 is 11.6 Å². The normalized spacial score (nSPS) is 19.6. The Bertz CT molecular complexity index is 778. The molecule has 2 N–H and O–H groups in total. The molecule has 0 spiro atoms. The van der Waals surface area contributed by atoms with Crippen molar-refractivity contribution in [3.05, 3.63) is 59.7 Å². The lowest BCUT2D eigenvalue weighted by molar-refractivity contribution is -0.149. The third kappa shape index (κ3) is 2.76. The van der Waals surface area contributed by atoms with E-state index in [1.807, 2.05) is 0 Å². The Balaban J connectivity index is 1.79. The first kappa shape index (κ1) is 16.1. The van der Waals surface area contributed by atoms with Crippen LogP contribution in [0.4, 0.5) is 0 Å². The van der Waals surface area contributed by atoms with Crippen molar-refractivity contribution in [2.75, 3.05) is 7.11 Å². The summed E-state index contributed by atoms with van der Waals surface area (Å²) in [6, 6.07) is 12.7. The summed E-state index contributed by atoms with van der Waals surface area (Å²) < 4.78 is 5.10. The highest BCUT2D eigenvalue weighted by atomic mass is 35.5. The van der Waals surface area contributed by atoms with E-state index in [0.29, 0.717) is 5.75 Å². The molecule has 124 valence electrons. The predicted molar refractivity (Wildman–Crippen MR) is 87.8 cm³/mol. The molecule has 1 saturated heterocycles. The number of nitrogens with one attached hydrogen (secondary N) is 1. The van der Waals surface area contributed by atoms with Gasteiger partial charge in [-0.1, -0.05) is 24.3 Å². The van der Waals surface area contributed by atoms with Gasteiger partial charge in [0.1, 0.15) is 22.9 Å². The minimum Gasteiger partial charge on any atom is -0.507 e. The fraction of sp³-hybridized carbons (Fsp3) is 0.176. The second-order valence-electron chi connectivity index (χ2n) is 5.29. The number of methoxy groups -OCH3 is 1. The second kappa shape index (κ2) is 6.41. The monoisotopic (exact) mass is 346 g/mol. The number of phenols is 1. The Labute approximate surface area is 143 Å². The second-order valence-corrected chi connectivity index (χ2v) is 5.76. The molecule has 2 aromatic rings. The number of nitrogens with zero attached hydrogens (tertiary/aromatic N) is 1. The van der Waals surface area contributed by atoms with E-state index in [1.54, 1.807) is 43.5 Å². The number of aromatic hydroxyl groups is 1. The zero-order chi connectivity index (χ0) is 17.3. The number of hydrazine groups is 1. The highest BCUT2D eigenvalue weighted by molar-refractivity contribution is 6.33. The first-order valence-corrected chi connectivity index (χ1v) is 7.66. The number of β-lactam (4-membered cyclic amide) rings is 1. The lowest BCUT2D eigenvalue weighted by Crippen LogP contribution is -2.63. The average molecular weight is 347 g/mol. The van der Waals surface area contributed by atoms with E-state index in [2.05, 4.69) is 5.43 Å². The number of halogens is 1. The summed E-state index contributed by atoms with van der Waals surface area (Å²) in [6.45, 7) is 0. The average Bonchev–Trinajstić information content (AvgIpc) is 2.61. The molecule has 6 nitrogen and oxygen atoms in total. The number of carbonyl (C=O) groups excluding carboxylic acids is 2. The molecule has 0 unspecified atom stereocenters. The van der Waals surface area contributed by atoms with E-state index in [4.69, 9.17) is 16.3 Å². The number of amides is 2. The number of benzene rings is 2. The number of para-hydroxylation sites is 1. The van der Waals surface area contributed by atoms with Crippen LogP contribution in [0.1, 0.15) is 22.0 Å². The van der Waals surface area contributed by atoms with Crippen molar-refractivity contribution in [3.63, 3.8) is 0 Å². The van der Waals surface area contributed by atoms with E-state index in [0.717, 1.165) is 5.56 Å². The van der Waals surface area contributed by atoms with Gasteiger partial charge in [0.05, 0.1) is 12.7 Å². The van der Waals surface area contributed by atoms with E-state index < -0.39 is 23.2 Å². The summed E-state index contributed by atoms with van der Waals surface area (Å²) in [5, 5.41) is 10.2. The molecule has 24 heavy (non-hydrogen) atoms. The van der Waals surface area contributed by atoms with Gasteiger partial charge in [0.2, 0.25) is 0 Å². The van der Waals surface area contributed by atoms with Gasteiger partial charge in [-0.15, -0.1) is 11.6 Å². The molecule has 7 heteroatoms. The predicted octanol–water partition coefficient (Wildman–Crippen LogP) is 2.24. The maximum atomic E-state index is 12.3. The van der Waals surface area contributed by atoms with Gasteiger partial charge in [-0.25, -0.2) is 5.01 Å². The third-order valence-electron chi connectivity index (χ3n) is 3.86. The zero-order valence-corrected chi connectivity index (χ0v) is 13.5. The summed E-state index contributed by atoms with van der Waals surface area (Å²) in [6.07, 6.45) is 0. The Morgan fingerprint density at radius 1 is 1.21 bits per heavy atom. The number of ether oxygens (including phenoxy) is 1. The quantitative estimate of drug-likeness (QED) is 0.657. The first-order valence-electron chi connectivity index (χ1n) is 7.23. The van der Waals surface area contributed by atoms with Crippen molar-refractivity contribution >= 4 is 23.4 Å². The lowest BCUT2D eigenvalue weighted by Gasteiger charge is -2.43. The van der Waals surface area contributed by atoms with Gasteiger partial charge >= 0.3 is 0 Å². The van der Waals surface area contributed by atoms with Gasteiger partial charge in [-0.3, -0.25) is 15.0 Å². The van der Waals surface area contributed by atoms with Crippen LogP contribution in [0.5, 0.6) is 11.5 Å². The van der Waals surface area contributed by atoms with Crippen LogP contribution in [0.2, 0.25) is 0 Å². The zero-order valence-electron chi connectivity index (χ0n) is 12.8. The summed E-state index contributed by atoms with van der Waals surface area (Å²) in [5.41, 5.74) is 3.35. The SMILES string of the molecule is COc1ccc([C@H]2[C@H](Cl)C(=O)N2NC(=O)c2ccccc2O)cc1. The van der Waals surface area contributed by atoms with Crippen LogP contribution in [0, 0.1) is 0 Å². The van der Waals surface area contributed by atoms with Crippen molar-refractivity contribution in [1.29, 1.82) is 0 Å². The number of rotatable bonds is 4. The number of alkyl halides is 1. The molecule has 3 rings (SSSR count). The van der Waals surface area contributed by atoms with Crippen molar-refractivity contribution in [1.82, 2.24) is 10.4 Å². The fourth-order valence-corrected chi connectivity index (χ4v) is 2.90. The number of hydrogen-bond donors (Lipinski definition) is 2. The molecule has 2 amide bonds. The molecule has 2 aromatic carbocycles. The molecule has 1 aliphatic heterocycles. The van der Waals surface area contributed by atoms with Crippen LogP contribution in [0.25, 0.3) is 0 Å². The van der Waals surface area contributed by atoms with Gasteiger partial charge in [-0.2, -0.15) is 0 Å². The van der Waals surface area contributed by atoms with Gasteiger partial charge in [-0.05, 0) is 29.8 Å². The van der Waals surface area contributed by atoms with Crippen LogP contribution < -0.4 is 10.2 Å². The van der Waals surface area contributed by atoms with Crippen LogP contribution in [-0.2, 0) is 4.79 Å². The van der Waals surface area contributed by atoms with E-state index in [9.17, 15) is 14.7 Å². The van der Waals surface area contributed by atoms with Crippen molar-refractivity contribution in [2.24, 2.45) is 0 Å². The van der Waals surface area contributed by atoms with Crippen molar-refractivity contribution < 1.29 is 19.4 Å². The molecule has 0 aromatic heterocycles. The standard InChI is InChI=1S/C17H15ClN2O4/c1-24-11-8-6-10(7-9-11)15-14(18)17(23)20(15)19-16(22)12-4-2-3-5-13(12)21/h2-9,14-15,21H,1H3,(H,19,22)/t14-,15-/m0/s1. The van der Waals surface area contributed by atoms with Gasteiger partial charge < -0.3 is 9.84 Å². The van der Waals surface area contributed by atoms with E-state index in [-0.39, 0.29) is 11.3 Å². The largest absolute Gasteiger partial charge is 0.507 e. The molecule has 1 heterocycles. The lowest BCUT2D eigenvalue weighted by atomic mass is 9.95. The Morgan fingerprint density at radius 3 is 2.50 bits per heavy atom. The topological polar surface area (TPSA) is 78.9 Å². The summed E-state index contributed by atoms with van der Waals surface area (Å²) in [5.74, 6) is -0.462. The smallest absolute Gasteiger partial charge is 0.273 e. The molecule has 1 aliphatic rings. The maximum absolute atomic E-state index is 12.3. The summed E-state index contributed by atoms with van der Waals surface area (Å²) in [7, 11) is 1.56. The Kier molecular flexibility index (Phi) is 4.31. The van der Waals surface area contributed by atoms with E-state index >= 15 is 0 Å². The number of phenolic OH excluding ortho intramolecular Hbond substituents is 1. The molecule has 0 radical (unpaired) electrons. The highest BCUT2D eigenvalue weighted by Crippen LogP contribution is 2.37. The third-order valence-corrected chi connectivity index (χ3v) is 4.28. The minimum atomic E-state index is -0.761. The van der Waals surface area contributed by atoms with Crippen LogP contribution in [0.3, 0.4) is 0 Å². The fourth-order valence-electron chi connectivity index (χ4n) is 2.53. The molecule has 0 saturated carbocycles. The number of carbonyl (C=O) groups is 2. The Morgan fingerprint density at radius 2 is 1.88 bits per heavy atom. The van der Waals surface area contributed by atoms with Crippen molar-refractivity contribution in [2.45, 2.75) is 11.4 Å². The molecule has 2 atom stereocenters. The minimum absolute atomic E-state index is 0.0804. The summed E-state index contributed by atoms with van der Waals surface area (Å²) in [4.78, 5) is 24.3. The molecular weight excluding hydrogens is 332 g/mol. The Hall–Kier alpha value is -2.73. The van der Waals surface area contributed by atoms with Crippen molar-refractivity contribution in [3.8, 4) is 11.5 Å². The molecule has 1 fully saturated rings. The van der Waals surface area contributed by atoms with Crippen LogP contribution in [0.15, 0.2) is 48.5 Å². The molecule has 0 bridgehead atoms.